The van der Waals surface area contributed by atoms with E-state index in [0.717, 1.165) is 45.1 Å². The van der Waals surface area contributed by atoms with Crippen molar-refractivity contribution < 1.29 is 24.2 Å². The molecule has 2 rings (SSSR count). The average molecular weight is 492 g/mol. The Kier molecular flexibility index (Phi) is 10.4. The fraction of sp³-hybridized carbons (Fsp3) is 0.900. The fourth-order valence-corrected chi connectivity index (χ4v) is 9.15. The Morgan fingerprint density at radius 3 is 2.45 bits per heavy atom. The van der Waals surface area contributed by atoms with Crippen LogP contribution in [-0.2, 0) is 14.2 Å². The van der Waals surface area contributed by atoms with Gasteiger partial charge in [0.25, 0.3) is 0 Å². The summed E-state index contributed by atoms with van der Waals surface area (Å²) in [6.45, 7) is 4.69. The molecule has 2 unspecified atom stereocenters. The number of carbonyl (C=O) groups is 2. The van der Waals surface area contributed by atoms with Crippen molar-refractivity contribution >= 4 is 33.6 Å². The first-order valence-electron chi connectivity index (χ1n) is 11.0. The van der Waals surface area contributed by atoms with Gasteiger partial charge in [-0.25, -0.2) is 0 Å². The summed E-state index contributed by atoms with van der Waals surface area (Å²) < 4.78 is 12.4. The third kappa shape index (κ3) is 8.83. The van der Waals surface area contributed by atoms with Gasteiger partial charge in [-0.05, 0) is 0 Å². The van der Waals surface area contributed by atoms with Gasteiger partial charge in [-0.3, -0.25) is 0 Å². The van der Waals surface area contributed by atoms with Crippen LogP contribution in [0, 0.1) is 11.8 Å². The van der Waals surface area contributed by atoms with Gasteiger partial charge in [0.15, 0.2) is 0 Å². The van der Waals surface area contributed by atoms with Crippen LogP contribution >= 0.6 is 7.37 Å². The maximum atomic E-state index is 12.6. The van der Waals surface area contributed by atoms with E-state index in [9.17, 15) is 24.2 Å². The van der Waals surface area contributed by atoms with Crippen molar-refractivity contribution in [1.29, 1.82) is 0 Å². The number of carbonyl (C=O) groups excluding carboxylic acids is 2. The summed E-state index contributed by atoms with van der Waals surface area (Å²) >= 11 is -1.13. The number of hydrogen-bond donors (Lipinski definition) is 4. The molecule has 0 bridgehead atoms. The zero-order valence-electron chi connectivity index (χ0n) is 17.7. The van der Waals surface area contributed by atoms with Crippen LogP contribution in [0.25, 0.3) is 0 Å². The van der Waals surface area contributed by atoms with Crippen molar-refractivity contribution in [1.82, 2.24) is 10.6 Å². The van der Waals surface area contributed by atoms with Gasteiger partial charge in [0.05, 0.1) is 0 Å². The van der Waals surface area contributed by atoms with Crippen LogP contribution in [0.2, 0.25) is 4.71 Å². The molecule has 7 nitrogen and oxygen atoms in total. The predicted molar refractivity (Wildman–Crippen MR) is 117 cm³/mol. The number of aliphatic hydroxyl groups excluding tert-OH is 1. The minimum absolute atomic E-state index is 0.0424. The van der Waals surface area contributed by atoms with Crippen LogP contribution in [0.15, 0.2) is 0 Å². The molecule has 9 heteroatoms. The summed E-state index contributed by atoms with van der Waals surface area (Å²) in [5, 5.41) is 16.1. The summed E-state index contributed by atoms with van der Waals surface area (Å²) in [6, 6.07) is -0.102. The molecule has 4 N–H and O–H groups in total. The number of aliphatic hydroxyl groups is 1. The molecular weight excluding hydrogens is 454 g/mol. The summed E-state index contributed by atoms with van der Waals surface area (Å²) in [7, 11) is -3.41. The third-order valence-electron chi connectivity index (χ3n) is 5.90. The first kappa shape index (κ1) is 25.1. The van der Waals surface area contributed by atoms with Crippen molar-refractivity contribution in [3.63, 3.8) is 0 Å². The number of nitrogens with one attached hydrogen (secondary N) is 2. The van der Waals surface area contributed by atoms with Crippen molar-refractivity contribution in [2.24, 2.45) is 11.8 Å². The van der Waals surface area contributed by atoms with Crippen molar-refractivity contribution in [2.75, 3.05) is 25.4 Å². The minimum atomic E-state index is -3.41. The molecule has 0 aromatic carbocycles. The van der Waals surface area contributed by atoms with E-state index >= 15 is 0 Å². The van der Waals surface area contributed by atoms with E-state index in [0.29, 0.717) is 0 Å². The van der Waals surface area contributed by atoms with Crippen LogP contribution in [0.3, 0.4) is 0 Å². The van der Waals surface area contributed by atoms with Gasteiger partial charge in [0.1, 0.15) is 0 Å². The molecule has 0 radical (unpaired) electrons. The van der Waals surface area contributed by atoms with Crippen LogP contribution in [-0.4, -0.2) is 73.8 Å². The Balaban J connectivity index is 1.78. The standard InChI is InChI=1S/C20H38AsN2O5P/c1-14(2)18(21-19(25)17-9-6-10-22-17)20(26)23-11-16(24)13-29(27,28)12-15-7-4-3-5-8-15/h14-18,21-22,24H,3-13H2,1-2H3,(H,23,26)(H,27,28)/t16-,17-,18-/m0/s1. The fourth-order valence-electron chi connectivity index (χ4n) is 4.27. The van der Waals surface area contributed by atoms with Gasteiger partial charge in [-0.1, -0.05) is 0 Å². The first-order chi connectivity index (χ1) is 13.7. The van der Waals surface area contributed by atoms with E-state index in [1.807, 2.05) is 13.8 Å². The van der Waals surface area contributed by atoms with Crippen LogP contribution in [0.5, 0.6) is 0 Å². The molecule has 1 amide bonds. The van der Waals surface area contributed by atoms with Gasteiger partial charge >= 0.3 is 181 Å². The van der Waals surface area contributed by atoms with Crippen LogP contribution in [0.4, 0.5) is 0 Å². The average Bonchev–Trinajstić information content (AvgIpc) is 3.18. The SMILES string of the molecule is CC(C)[C@H]([AsH]C(=O)[C@@H]1CCCN1)C(=O)NC[C@H](O)CP(=O)(O)CC1CCCCC1. The summed E-state index contributed by atoms with van der Waals surface area (Å²) in [4.78, 5) is 35.4. The second kappa shape index (κ2) is 12.0. The maximum absolute atomic E-state index is 12.6. The molecule has 1 saturated heterocycles. The molecule has 0 spiro atoms. The quantitative estimate of drug-likeness (QED) is 0.257. The summed E-state index contributed by atoms with van der Waals surface area (Å²) in [6.07, 6.45) is 6.27. The second-order valence-corrected chi connectivity index (χ2v) is 14.4. The molecule has 5 atom stereocenters. The summed E-state index contributed by atoms with van der Waals surface area (Å²) in [5.74, 6) is 0.102. The van der Waals surface area contributed by atoms with Gasteiger partial charge < -0.3 is 0 Å². The molecule has 1 heterocycles. The predicted octanol–water partition coefficient (Wildman–Crippen LogP) is 1.47. The number of amides is 1. The molecule has 1 aliphatic carbocycles. The Hall–Kier alpha value is -0.192. The topological polar surface area (TPSA) is 116 Å². The van der Waals surface area contributed by atoms with Crippen molar-refractivity contribution in [3.05, 3.63) is 0 Å². The molecule has 2 aliphatic rings. The number of hydrogen-bond acceptors (Lipinski definition) is 5. The third-order valence-corrected chi connectivity index (χ3v) is 11.9. The van der Waals surface area contributed by atoms with E-state index in [1.54, 1.807) is 0 Å². The van der Waals surface area contributed by atoms with Crippen molar-refractivity contribution in [2.45, 2.75) is 75.6 Å². The molecule has 0 aromatic heterocycles. The van der Waals surface area contributed by atoms with Gasteiger partial charge in [-0.2, -0.15) is 0 Å². The molecule has 2 fully saturated rings. The van der Waals surface area contributed by atoms with Gasteiger partial charge in [0.2, 0.25) is 0 Å². The van der Waals surface area contributed by atoms with Crippen LogP contribution in [0.1, 0.15) is 58.8 Å². The van der Waals surface area contributed by atoms with E-state index in [2.05, 4.69) is 10.6 Å². The Morgan fingerprint density at radius 1 is 1.17 bits per heavy atom. The molecular formula is C20H38AsN2O5P. The zero-order valence-corrected chi connectivity index (χ0v) is 20.7. The Bertz CT molecular complexity index is 591. The van der Waals surface area contributed by atoms with Gasteiger partial charge in [-0.15, -0.1) is 0 Å². The van der Waals surface area contributed by atoms with Gasteiger partial charge in [0, 0.05) is 0 Å². The molecule has 168 valence electrons. The Labute approximate surface area is 181 Å². The van der Waals surface area contributed by atoms with E-state index in [1.165, 1.54) is 6.42 Å². The number of rotatable bonds is 11. The Morgan fingerprint density at radius 2 is 1.86 bits per heavy atom. The molecule has 1 aliphatic heterocycles. The van der Waals surface area contributed by atoms with Crippen LogP contribution < -0.4 is 10.6 Å². The van der Waals surface area contributed by atoms with Crippen molar-refractivity contribution in [3.8, 4) is 0 Å². The molecule has 0 aromatic rings. The van der Waals surface area contributed by atoms with E-state index in [4.69, 9.17) is 0 Å². The zero-order chi connectivity index (χ0) is 21.4. The summed E-state index contributed by atoms with van der Waals surface area (Å²) in [5.41, 5.74) is 0. The van der Waals surface area contributed by atoms with E-state index in [-0.39, 0.29) is 51.9 Å². The monoisotopic (exact) mass is 492 g/mol. The second-order valence-electron chi connectivity index (χ2n) is 8.99. The molecule has 1 saturated carbocycles. The van der Waals surface area contributed by atoms with E-state index < -0.39 is 29.2 Å². The molecule has 29 heavy (non-hydrogen) atoms. The first-order valence-corrected chi connectivity index (χ1v) is 15.3. The normalized spacial score (nSPS) is 25.2.